The van der Waals surface area contributed by atoms with Crippen LogP contribution >= 0.6 is 53.7 Å². The molecule has 0 saturated heterocycles. The van der Waals surface area contributed by atoms with Crippen LogP contribution in [0, 0.1) is 24.0 Å². The highest BCUT2D eigenvalue weighted by Crippen LogP contribution is 2.52. The number of halogens is 2. The van der Waals surface area contributed by atoms with Gasteiger partial charge in [0.05, 0.1) is 25.7 Å². The van der Waals surface area contributed by atoms with Gasteiger partial charge in [-0.2, -0.15) is 0 Å². The lowest BCUT2D eigenvalue weighted by Crippen LogP contribution is -2.32. The first kappa shape index (κ1) is 39.0. The predicted octanol–water partition coefficient (Wildman–Crippen LogP) is 8.90. The number of carbonyl (C=O) groups excluding carboxylic acids is 3. The van der Waals surface area contributed by atoms with Crippen LogP contribution in [-0.2, 0) is 14.2 Å². The van der Waals surface area contributed by atoms with E-state index in [-0.39, 0.29) is 90.7 Å². The number of phosphoric acid groups is 1. The van der Waals surface area contributed by atoms with Gasteiger partial charge in [0, 0.05) is 84.6 Å². The Morgan fingerprint density at radius 2 is 1.35 bits per heavy atom. The van der Waals surface area contributed by atoms with E-state index in [4.69, 9.17) is 37.2 Å². The third kappa shape index (κ3) is 7.52. The summed E-state index contributed by atoms with van der Waals surface area (Å²) in [6.45, 7) is 4.33. The van der Waals surface area contributed by atoms with Crippen LogP contribution in [0.1, 0.15) is 53.4 Å². The van der Waals surface area contributed by atoms with Gasteiger partial charge in [-0.05, 0) is 65.4 Å². The summed E-state index contributed by atoms with van der Waals surface area (Å²) in [4.78, 5) is 73.3. The van der Waals surface area contributed by atoms with Crippen molar-refractivity contribution < 1.29 is 47.7 Å². The number of phosphoric ester groups is 1. The Kier molecular flexibility index (Phi) is 10.9. The van der Waals surface area contributed by atoms with Gasteiger partial charge in [0.1, 0.15) is 5.75 Å². The van der Waals surface area contributed by atoms with Crippen molar-refractivity contribution in [2.24, 2.45) is 0 Å². The number of nitrogens with zero attached hydrogens (tertiary/aromatic N) is 3. The fourth-order valence-corrected chi connectivity index (χ4v) is 10.3. The molecule has 55 heavy (non-hydrogen) atoms. The first-order valence-electron chi connectivity index (χ1n) is 16.9. The number of carbonyl (C=O) groups is 3. The fraction of sp³-hybridized carbons (Fsp3) is 0.306. The molecule has 0 unspecified atom stereocenters. The zero-order valence-corrected chi connectivity index (χ0v) is 33.2. The van der Waals surface area contributed by atoms with E-state index >= 15 is 0 Å². The molecular formula is C36H32Cl2N3O11PS2. The van der Waals surface area contributed by atoms with Crippen molar-refractivity contribution in [2.45, 2.75) is 44.9 Å². The Morgan fingerprint density at radius 3 is 1.82 bits per heavy atom. The average molecular weight is 849 g/mol. The van der Waals surface area contributed by atoms with E-state index < -0.39 is 18.9 Å². The first-order chi connectivity index (χ1) is 26.2. The standard InChI is InChI=1S/C36H32Cl2N3O11PS2/c1-18-16-54-34-26(51-36(44)50-23-8-6-22(7-9-23)41(45)46)10-24-32(30(18)34)20(12-37)14-39(24)28(42)4-3-5-29(43)40-15-21(13-38)33-25(40)11-27(52-53(47,48)49)35-31(33)19(2)17-55-35/h6-11,16-17,20-21H,3-5,12-15H2,1-2H3,(H2,47,48,49)/t20-,21-/m1/s1. The zero-order chi connectivity index (χ0) is 39.3. The molecule has 2 aliphatic rings. The number of aryl methyl sites for hydroxylation is 2. The van der Waals surface area contributed by atoms with Crippen molar-refractivity contribution in [1.29, 1.82) is 0 Å². The topological polar surface area (TPSA) is 186 Å². The van der Waals surface area contributed by atoms with Gasteiger partial charge in [-0.25, -0.2) is 9.36 Å². The average Bonchev–Trinajstić information content (AvgIpc) is 3.90. The highest BCUT2D eigenvalue weighted by atomic mass is 35.5. The Hall–Kier alpha value is -4.28. The Labute approximate surface area is 331 Å². The molecule has 2 atom stereocenters. The molecule has 2 amide bonds. The van der Waals surface area contributed by atoms with E-state index in [0.717, 1.165) is 33.0 Å². The lowest BCUT2D eigenvalue weighted by atomic mass is 9.97. The van der Waals surface area contributed by atoms with E-state index in [2.05, 4.69) is 0 Å². The third-order valence-corrected chi connectivity index (χ3v) is 13.0. The Bertz CT molecular complexity index is 2430. The van der Waals surface area contributed by atoms with Gasteiger partial charge in [-0.1, -0.05) is 0 Å². The van der Waals surface area contributed by atoms with E-state index in [1.165, 1.54) is 53.0 Å². The number of nitro benzene ring substituents is 1. The number of non-ortho nitro benzene ring substituents is 1. The molecule has 2 N–H and O–H groups in total. The number of rotatable bonds is 11. The van der Waals surface area contributed by atoms with Gasteiger partial charge < -0.3 is 23.8 Å². The molecule has 0 saturated carbocycles. The van der Waals surface area contributed by atoms with Crippen molar-refractivity contribution in [3.8, 4) is 17.2 Å². The third-order valence-electron chi connectivity index (χ3n) is 9.64. The largest absolute Gasteiger partial charge is 0.524 e. The molecule has 5 aromatic rings. The maximum atomic E-state index is 13.9. The van der Waals surface area contributed by atoms with Gasteiger partial charge in [0.15, 0.2) is 11.5 Å². The number of benzene rings is 3. The molecule has 288 valence electrons. The minimum absolute atomic E-state index is 0.000671. The minimum Gasteiger partial charge on any atom is -0.403 e. The minimum atomic E-state index is -4.91. The lowest BCUT2D eigenvalue weighted by Gasteiger charge is -2.20. The monoisotopic (exact) mass is 847 g/mol. The van der Waals surface area contributed by atoms with Crippen LogP contribution in [0.5, 0.6) is 17.2 Å². The van der Waals surface area contributed by atoms with Crippen molar-refractivity contribution in [3.63, 3.8) is 0 Å². The number of ether oxygens (including phenoxy) is 2. The number of hydrogen-bond acceptors (Lipinski definition) is 11. The summed E-state index contributed by atoms with van der Waals surface area (Å²) < 4.78 is 29.0. The number of alkyl halides is 2. The molecule has 0 radical (unpaired) electrons. The predicted molar refractivity (Wildman–Crippen MR) is 211 cm³/mol. The smallest absolute Gasteiger partial charge is 0.403 e. The van der Waals surface area contributed by atoms with Gasteiger partial charge >= 0.3 is 14.0 Å². The molecule has 19 heteroatoms. The fourth-order valence-electron chi connectivity index (χ4n) is 7.30. The van der Waals surface area contributed by atoms with E-state index in [0.29, 0.717) is 20.8 Å². The summed E-state index contributed by atoms with van der Waals surface area (Å²) in [5.41, 5.74) is 4.27. The van der Waals surface area contributed by atoms with Crippen LogP contribution in [0.15, 0.2) is 47.2 Å². The summed E-state index contributed by atoms with van der Waals surface area (Å²) in [6, 6.07) is 8.05. The molecule has 0 aliphatic carbocycles. The molecule has 0 fully saturated rings. The number of amides is 2. The van der Waals surface area contributed by atoms with Gasteiger partial charge in [-0.15, -0.1) is 45.9 Å². The first-order valence-corrected chi connectivity index (χ1v) is 21.3. The molecular weight excluding hydrogens is 816 g/mol. The molecule has 2 aliphatic heterocycles. The van der Waals surface area contributed by atoms with Crippen molar-refractivity contribution in [3.05, 3.63) is 79.5 Å². The second-order valence-corrected chi connectivity index (χ2v) is 16.8. The van der Waals surface area contributed by atoms with Crippen molar-refractivity contribution in [1.82, 2.24) is 0 Å². The van der Waals surface area contributed by atoms with Crippen LogP contribution in [0.4, 0.5) is 21.9 Å². The molecule has 0 spiro atoms. The number of anilines is 2. The van der Waals surface area contributed by atoms with Crippen LogP contribution in [0.25, 0.3) is 20.2 Å². The molecule has 0 bridgehead atoms. The van der Waals surface area contributed by atoms with E-state index in [9.17, 15) is 38.8 Å². The second kappa shape index (κ2) is 15.3. The summed E-state index contributed by atoms with van der Waals surface area (Å²) in [5, 5.41) is 16.3. The van der Waals surface area contributed by atoms with E-state index in [1.54, 1.807) is 15.9 Å². The summed E-state index contributed by atoms with van der Waals surface area (Å²) in [6.07, 6.45) is -0.864. The second-order valence-electron chi connectivity index (χ2n) is 13.2. The van der Waals surface area contributed by atoms with Crippen LogP contribution in [0.3, 0.4) is 0 Å². The quantitative estimate of drug-likeness (QED) is 0.0323. The Balaban J connectivity index is 1.09. The number of nitro groups is 1. The maximum Gasteiger partial charge on any atom is 0.524 e. The summed E-state index contributed by atoms with van der Waals surface area (Å²) >= 11 is 15.5. The lowest BCUT2D eigenvalue weighted by molar-refractivity contribution is -0.384. The molecule has 7 rings (SSSR count). The van der Waals surface area contributed by atoms with Crippen molar-refractivity contribution in [2.75, 3.05) is 34.6 Å². The molecule has 2 aromatic heterocycles. The number of thiophene rings is 2. The van der Waals surface area contributed by atoms with Crippen LogP contribution in [0.2, 0.25) is 0 Å². The number of hydrogen-bond donors (Lipinski definition) is 2. The van der Waals surface area contributed by atoms with Gasteiger partial charge in [0.25, 0.3) is 5.69 Å². The SMILES string of the molecule is Cc1csc2c(OC(=O)Oc3ccc([N+](=O)[O-])cc3)cc3c(c12)[C@H](CCl)CN3C(=O)CCCC(=O)N1C[C@@H](CCl)c2c1cc(OP(=O)(O)O)c1scc(C)c21. The van der Waals surface area contributed by atoms with Crippen LogP contribution < -0.4 is 23.8 Å². The summed E-state index contributed by atoms with van der Waals surface area (Å²) in [5.74, 6) is -0.358. The van der Waals surface area contributed by atoms with E-state index in [1.807, 2.05) is 24.6 Å². The highest BCUT2D eigenvalue weighted by Gasteiger charge is 2.38. The molecule has 4 heterocycles. The van der Waals surface area contributed by atoms with Gasteiger partial charge in [0.2, 0.25) is 11.8 Å². The maximum absolute atomic E-state index is 13.9. The van der Waals surface area contributed by atoms with Crippen molar-refractivity contribution >= 4 is 109 Å². The normalized spacial score (nSPS) is 16.4. The Morgan fingerprint density at radius 1 is 0.855 bits per heavy atom. The van der Waals surface area contributed by atoms with Crippen LogP contribution in [-0.4, -0.2) is 57.5 Å². The highest BCUT2D eigenvalue weighted by molar-refractivity contribution is 7.46. The molecule has 14 nitrogen and oxygen atoms in total. The molecule has 3 aromatic carbocycles. The van der Waals surface area contributed by atoms with Gasteiger partial charge in [-0.3, -0.25) is 29.5 Å². The zero-order valence-electron chi connectivity index (χ0n) is 29.2. The number of fused-ring (bicyclic) bond motifs is 6. The summed E-state index contributed by atoms with van der Waals surface area (Å²) in [7, 11) is -4.91.